The number of nitrogens with zero attached hydrogens (tertiary/aromatic N) is 4. The van der Waals surface area contributed by atoms with E-state index in [-0.39, 0.29) is 11.1 Å². The Morgan fingerprint density at radius 3 is 2.00 bits per heavy atom. The Labute approximate surface area is 69.5 Å². The highest BCUT2D eigenvalue weighted by Crippen LogP contribution is 2.05. The molecule has 0 heterocycles. The predicted molar refractivity (Wildman–Crippen MR) is 37.3 cm³/mol. The molecule has 0 bridgehead atoms. The highest BCUT2D eigenvalue weighted by atomic mass is 14.3. The summed E-state index contributed by atoms with van der Waals surface area (Å²) in [6.45, 7) is 0. The molecule has 0 aromatic rings. The summed E-state index contributed by atoms with van der Waals surface area (Å²) in [5.41, 5.74) is -0.372. The molecule has 53 valence electrons. The molecule has 0 saturated carbocycles. The Hall–Kier alpha value is -2.56. The molecule has 0 aromatic carbocycles. The van der Waals surface area contributed by atoms with Gasteiger partial charge in [0.15, 0.2) is 0 Å². The van der Waals surface area contributed by atoms with Crippen LogP contribution in [-0.4, -0.2) is 0 Å². The molecular formula is C8HN4. The van der Waals surface area contributed by atoms with E-state index in [0.29, 0.717) is 0 Å². The van der Waals surface area contributed by atoms with Crippen molar-refractivity contribution in [3.05, 3.63) is 23.3 Å². The van der Waals surface area contributed by atoms with E-state index in [1.807, 2.05) is 6.08 Å². The first-order valence-electron chi connectivity index (χ1n) is 2.72. The Bertz CT molecular complexity index is 347. The summed E-state index contributed by atoms with van der Waals surface area (Å²) in [6, 6.07) is 6.25. The lowest BCUT2D eigenvalue weighted by atomic mass is 10.1. The zero-order valence-electron chi connectivity index (χ0n) is 5.87. The summed E-state index contributed by atoms with van der Waals surface area (Å²) in [6.07, 6.45) is 2.88. The Morgan fingerprint density at radius 1 is 1.00 bits per heavy atom. The molecule has 0 aromatic heterocycles. The summed E-state index contributed by atoms with van der Waals surface area (Å²) in [5.74, 6) is 0. The fourth-order valence-corrected chi connectivity index (χ4v) is 0.436. The van der Waals surface area contributed by atoms with E-state index >= 15 is 0 Å². The third-order valence-corrected chi connectivity index (χ3v) is 0.891. The summed E-state index contributed by atoms with van der Waals surface area (Å²) in [4.78, 5) is 0. The molecule has 4 heteroatoms. The van der Waals surface area contributed by atoms with Gasteiger partial charge >= 0.3 is 0 Å². The molecule has 1 radical (unpaired) electrons. The van der Waals surface area contributed by atoms with Gasteiger partial charge in [0, 0.05) is 6.08 Å². The lowest BCUT2D eigenvalue weighted by Crippen LogP contribution is -1.83. The van der Waals surface area contributed by atoms with Gasteiger partial charge in [0.25, 0.3) is 0 Å². The summed E-state index contributed by atoms with van der Waals surface area (Å²) >= 11 is 0. The summed E-state index contributed by atoms with van der Waals surface area (Å²) < 4.78 is 0. The molecule has 0 rings (SSSR count). The molecule has 0 spiro atoms. The van der Waals surface area contributed by atoms with Crippen molar-refractivity contribution >= 4 is 0 Å². The van der Waals surface area contributed by atoms with Crippen molar-refractivity contribution in [2.45, 2.75) is 0 Å². The van der Waals surface area contributed by atoms with Gasteiger partial charge in [-0.05, 0) is 0 Å². The minimum absolute atomic E-state index is 0.151. The van der Waals surface area contributed by atoms with Gasteiger partial charge in [0.1, 0.15) is 18.2 Å². The van der Waals surface area contributed by atoms with Crippen molar-refractivity contribution in [1.29, 1.82) is 21.0 Å². The quantitative estimate of drug-likeness (QED) is 0.410. The van der Waals surface area contributed by atoms with Crippen LogP contribution in [0.3, 0.4) is 0 Å². The van der Waals surface area contributed by atoms with Crippen molar-refractivity contribution in [3.8, 4) is 24.3 Å². The zero-order chi connectivity index (χ0) is 9.40. The maximum atomic E-state index is 8.39. The topological polar surface area (TPSA) is 95.2 Å². The SMILES string of the molecule is N#C/[C]=C(\C#N)C(C#N)=CC#N. The first kappa shape index (κ1) is 9.44. The van der Waals surface area contributed by atoms with E-state index in [4.69, 9.17) is 21.0 Å². The predicted octanol–water partition coefficient (Wildman–Crippen LogP) is 0.737. The molecule has 4 nitrogen and oxygen atoms in total. The molecule has 0 saturated heterocycles. The molecule has 0 aliphatic rings. The van der Waals surface area contributed by atoms with Gasteiger partial charge in [-0.15, -0.1) is 0 Å². The van der Waals surface area contributed by atoms with Crippen LogP contribution in [0.5, 0.6) is 0 Å². The van der Waals surface area contributed by atoms with E-state index in [0.717, 1.165) is 6.08 Å². The fraction of sp³-hybridized carbons (Fsp3) is 0. The Kier molecular flexibility index (Phi) is 4.12. The van der Waals surface area contributed by atoms with E-state index in [2.05, 4.69) is 0 Å². The van der Waals surface area contributed by atoms with Crippen molar-refractivity contribution in [3.63, 3.8) is 0 Å². The van der Waals surface area contributed by atoms with Gasteiger partial charge in [0.2, 0.25) is 0 Å². The van der Waals surface area contributed by atoms with E-state index in [1.165, 1.54) is 6.07 Å². The number of hydrogen-bond acceptors (Lipinski definition) is 4. The average molecular weight is 153 g/mol. The lowest BCUT2D eigenvalue weighted by Gasteiger charge is -1.85. The van der Waals surface area contributed by atoms with Crippen molar-refractivity contribution in [2.24, 2.45) is 0 Å². The first-order valence-corrected chi connectivity index (χ1v) is 2.72. The molecule has 0 aliphatic heterocycles. The van der Waals surface area contributed by atoms with Crippen molar-refractivity contribution in [1.82, 2.24) is 0 Å². The Balaban J connectivity index is 5.09. The van der Waals surface area contributed by atoms with E-state index < -0.39 is 0 Å². The second-order valence-corrected chi connectivity index (χ2v) is 1.52. The third-order valence-electron chi connectivity index (χ3n) is 0.891. The molecule has 0 atom stereocenters. The maximum absolute atomic E-state index is 8.39. The molecule has 0 amide bonds. The smallest absolute Gasteiger partial charge is 0.102 e. The zero-order valence-corrected chi connectivity index (χ0v) is 5.87. The van der Waals surface area contributed by atoms with Gasteiger partial charge in [-0.25, -0.2) is 0 Å². The van der Waals surface area contributed by atoms with E-state index in [1.54, 1.807) is 18.2 Å². The minimum Gasteiger partial charge on any atom is -0.193 e. The van der Waals surface area contributed by atoms with Crippen LogP contribution in [-0.2, 0) is 0 Å². The second-order valence-electron chi connectivity index (χ2n) is 1.52. The molecule has 0 aliphatic carbocycles. The molecule has 0 unspecified atom stereocenters. The lowest BCUT2D eigenvalue weighted by molar-refractivity contribution is 1.41. The highest BCUT2D eigenvalue weighted by Gasteiger charge is 2.02. The standard InChI is InChI=1S/C8HN4/c9-3-1-7(5-11)8(6-12)2-4-10/h1H. The first-order chi connectivity index (χ1) is 5.79. The monoisotopic (exact) mass is 153 g/mol. The average Bonchev–Trinajstić information content (AvgIpc) is 2.11. The van der Waals surface area contributed by atoms with Crippen LogP contribution >= 0.6 is 0 Å². The highest BCUT2D eigenvalue weighted by molar-refractivity contribution is 5.51. The van der Waals surface area contributed by atoms with Gasteiger partial charge in [0.05, 0.1) is 23.3 Å². The van der Waals surface area contributed by atoms with Crippen LogP contribution in [0.4, 0.5) is 0 Å². The van der Waals surface area contributed by atoms with Gasteiger partial charge in [-0.3, -0.25) is 0 Å². The summed E-state index contributed by atoms with van der Waals surface area (Å²) in [5, 5.41) is 33.1. The van der Waals surface area contributed by atoms with Crippen LogP contribution in [0, 0.1) is 51.4 Å². The minimum atomic E-state index is -0.221. The fourth-order valence-electron chi connectivity index (χ4n) is 0.436. The maximum Gasteiger partial charge on any atom is 0.102 e. The Morgan fingerprint density at radius 2 is 1.67 bits per heavy atom. The molecular weight excluding hydrogens is 152 g/mol. The summed E-state index contributed by atoms with van der Waals surface area (Å²) in [7, 11) is 0. The number of nitriles is 4. The van der Waals surface area contributed by atoms with Crippen LogP contribution in [0.25, 0.3) is 0 Å². The third kappa shape index (κ3) is 2.36. The molecule has 12 heavy (non-hydrogen) atoms. The number of rotatable bonds is 1. The van der Waals surface area contributed by atoms with Crippen LogP contribution in [0.2, 0.25) is 0 Å². The normalized spacial score (nSPS) is 10.3. The van der Waals surface area contributed by atoms with E-state index in [9.17, 15) is 0 Å². The number of allylic oxidation sites excluding steroid dienone is 4. The van der Waals surface area contributed by atoms with Crippen molar-refractivity contribution in [2.75, 3.05) is 0 Å². The van der Waals surface area contributed by atoms with Gasteiger partial charge in [-0.1, -0.05) is 0 Å². The molecule has 0 fully saturated rings. The largest absolute Gasteiger partial charge is 0.193 e. The van der Waals surface area contributed by atoms with Crippen LogP contribution in [0.1, 0.15) is 0 Å². The molecule has 0 N–H and O–H groups in total. The second kappa shape index (κ2) is 5.24. The number of hydrogen-bond donors (Lipinski definition) is 0. The van der Waals surface area contributed by atoms with Gasteiger partial charge < -0.3 is 0 Å². The van der Waals surface area contributed by atoms with Crippen LogP contribution < -0.4 is 0 Å². The van der Waals surface area contributed by atoms with Crippen molar-refractivity contribution < 1.29 is 0 Å². The van der Waals surface area contributed by atoms with Crippen LogP contribution in [0.15, 0.2) is 17.2 Å². The van der Waals surface area contributed by atoms with Gasteiger partial charge in [-0.2, -0.15) is 21.0 Å².